The largest absolute Gasteiger partial charge is 0.493 e. The molecule has 2 aromatic rings. The monoisotopic (exact) mass is 288 g/mol. The number of alkyl halides is 1. The van der Waals surface area contributed by atoms with E-state index in [9.17, 15) is 0 Å². The van der Waals surface area contributed by atoms with E-state index in [-0.39, 0.29) is 0 Å². The van der Waals surface area contributed by atoms with Crippen LogP contribution in [0.25, 0.3) is 0 Å². The fourth-order valence-electron chi connectivity index (χ4n) is 2.30. The summed E-state index contributed by atoms with van der Waals surface area (Å²) in [6.07, 6.45) is 0. The molecule has 3 rings (SSSR count). The highest BCUT2D eigenvalue weighted by Gasteiger charge is 2.30. The van der Waals surface area contributed by atoms with Gasteiger partial charge in [0.05, 0.1) is 6.61 Å². The summed E-state index contributed by atoms with van der Waals surface area (Å²) in [5, 5.41) is 0. The van der Waals surface area contributed by atoms with E-state index in [1.807, 2.05) is 18.2 Å². The minimum absolute atomic E-state index is 0.312. The molecular weight excluding hydrogens is 276 g/mol. The van der Waals surface area contributed by atoms with E-state index in [0.717, 1.165) is 12.4 Å². The lowest BCUT2D eigenvalue weighted by atomic mass is 9.94. The Balaban J connectivity index is 1.92. The Bertz CT molecular complexity index is 509. The summed E-state index contributed by atoms with van der Waals surface area (Å²) >= 11 is 3.80. The van der Waals surface area contributed by atoms with Gasteiger partial charge in [0, 0.05) is 16.3 Å². The second-order valence-electron chi connectivity index (χ2n) is 4.27. The molecule has 2 heteroatoms. The normalized spacial score (nSPS) is 19.5. The van der Waals surface area contributed by atoms with Crippen molar-refractivity contribution in [2.24, 2.45) is 0 Å². The first-order valence-corrected chi connectivity index (χ1v) is 6.68. The standard InChI is InChI=1S/C15H13BrO/c16-15(11-6-2-1-3-7-11)13-10-17-14-9-5-4-8-12(13)14/h1-9,13,15H,10H2. The van der Waals surface area contributed by atoms with Gasteiger partial charge in [0.2, 0.25) is 0 Å². The highest BCUT2D eigenvalue weighted by molar-refractivity contribution is 9.09. The van der Waals surface area contributed by atoms with Crippen molar-refractivity contribution in [2.45, 2.75) is 10.7 Å². The molecule has 0 spiro atoms. The van der Waals surface area contributed by atoms with Crippen LogP contribution in [-0.4, -0.2) is 6.61 Å². The molecule has 0 saturated heterocycles. The zero-order valence-corrected chi connectivity index (χ0v) is 10.9. The number of ether oxygens (including phenoxy) is 1. The van der Waals surface area contributed by atoms with Crippen LogP contribution >= 0.6 is 15.9 Å². The average molecular weight is 289 g/mol. The van der Waals surface area contributed by atoms with Crippen LogP contribution in [0, 0.1) is 0 Å². The molecule has 0 bridgehead atoms. The van der Waals surface area contributed by atoms with E-state index in [0.29, 0.717) is 10.7 Å². The van der Waals surface area contributed by atoms with Gasteiger partial charge in [0.1, 0.15) is 5.75 Å². The summed E-state index contributed by atoms with van der Waals surface area (Å²) in [6.45, 7) is 0.754. The molecule has 2 atom stereocenters. The first-order valence-electron chi connectivity index (χ1n) is 5.77. The van der Waals surface area contributed by atoms with Gasteiger partial charge in [0.15, 0.2) is 0 Å². The molecular formula is C15H13BrO. The Morgan fingerprint density at radius 3 is 2.53 bits per heavy atom. The van der Waals surface area contributed by atoms with Gasteiger partial charge in [-0.15, -0.1) is 0 Å². The molecule has 1 aliphatic rings. The van der Waals surface area contributed by atoms with Crippen molar-refractivity contribution in [3.8, 4) is 5.75 Å². The summed E-state index contributed by atoms with van der Waals surface area (Å²) in [6, 6.07) is 18.8. The van der Waals surface area contributed by atoms with Crippen LogP contribution in [0.5, 0.6) is 5.75 Å². The molecule has 0 saturated carbocycles. The number of fused-ring (bicyclic) bond motifs is 1. The molecule has 0 fully saturated rings. The Morgan fingerprint density at radius 1 is 1.00 bits per heavy atom. The Kier molecular flexibility index (Phi) is 2.89. The lowest BCUT2D eigenvalue weighted by Crippen LogP contribution is -2.07. The highest BCUT2D eigenvalue weighted by atomic mass is 79.9. The van der Waals surface area contributed by atoms with Gasteiger partial charge in [0.25, 0.3) is 0 Å². The molecule has 0 aliphatic carbocycles. The summed E-state index contributed by atoms with van der Waals surface area (Å²) in [4.78, 5) is 0.312. The van der Waals surface area contributed by atoms with Gasteiger partial charge >= 0.3 is 0 Å². The van der Waals surface area contributed by atoms with E-state index in [1.165, 1.54) is 11.1 Å². The lowest BCUT2D eigenvalue weighted by Gasteiger charge is -2.16. The van der Waals surface area contributed by atoms with E-state index in [4.69, 9.17) is 4.74 Å². The topological polar surface area (TPSA) is 9.23 Å². The second-order valence-corrected chi connectivity index (χ2v) is 5.25. The van der Waals surface area contributed by atoms with Crippen molar-refractivity contribution in [3.63, 3.8) is 0 Å². The van der Waals surface area contributed by atoms with E-state index < -0.39 is 0 Å². The maximum Gasteiger partial charge on any atom is 0.122 e. The predicted molar refractivity (Wildman–Crippen MR) is 72.8 cm³/mol. The van der Waals surface area contributed by atoms with Crippen LogP contribution in [0.3, 0.4) is 0 Å². The van der Waals surface area contributed by atoms with Crippen molar-refractivity contribution in [3.05, 3.63) is 65.7 Å². The molecule has 0 amide bonds. The fraction of sp³-hybridized carbons (Fsp3) is 0.200. The zero-order valence-electron chi connectivity index (χ0n) is 9.34. The third-order valence-corrected chi connectivity index (χ3v) is 4.37. The molecule has 86 valence electrons. The Morgan fingerprint density at radius 2 is 1.71 bits per heavy atom. The van der Waals surface area contributed by atoms with Crippen LogP contribution in [0.4, 0.5) is 0 Å². The lowest BCUT2D eigenvalue weighted by molar-refractivity contribution is 0.329. The van der Waals surface area contributed by atoms with Crippen LogP contribution in [0.15, 0.2) is 54.6 Å². The number of halogens is 1. The zero-order chi connectivity index (χ0) is 11.7. The number of hydrogen-bond acceptors (Lipinski definition) is 1. The predicted octanol–water partition coefficient (Wildman–Crippen LogP) is 4.30. The number of rotatable bonds is 2. The molecule has 1 heterocycles. The third kappa shape index (κ3) is 1.98. The van der Waals surface area contributed by atoms with Gasteiger partial charge in [-0.05, 0) is 11.6 Å². The fourth-order valence-corrected chi connectivity index (χ4v) is 3.04. The SMILES string of the molecule is BrC(c1ccccc1)C1COc2ccccc21. The molecule has 2 unspecified atom stereocenters. The van der Waals surface area contributed by atoms with Crippen LogP contribution < -0.4 is 4.74 Å². The summed E-state index contributed by atoms with van der Waals surface area (Å²) in [5.41, 5.74) is 2.61. The summed E-state index contributed by atoms with van der Waals surface area (Å²) in [7, 11) is 0. The van der Waals surface area contributed by atoms with Gasteiger partial charge in [-0.25, -0.2) is 0 Å². The van der Waals surface area contributed by atoms with E-state index in [2.05, 4.69) is 52.3 Å². The van der Waals surface area contributed by atoms with Crippen LogP contribution in [0.2, 0.25) is 0 Å². The number of hydrogen-bond donors (Lipinski definition) is 0. The maximum atomic E-state index is 5.72. The molecule has 0 N–H and O–H groups in total. The first kappa shape index (κ1) is 10.8. The highest BCUT2D eigenvalue weighted by Crippen LogP contribution is 2.45. The van der Waals surface area contributed by atoms with E-state index >= 15 is 0 Å². The van der Waals surface area contributed by atoms with Crippen LogP contribution in [0.1, 0.15) is 21.9 Å². The summed E-state index contributed by atoms with van der Waals surface area (Å²) < 4.78 is 5.72. The quantitative estimate of drug-likeness (QED) is 0.749. The minimum Gasteiger partial charge on any atom is -0.493 e. The molecule has 1 aliphatic heterocycles. The van der Waals surface area contributed by atoms with Gasteiger partial charge in [-0.1, -0.05) is 64.5 Å². The third-order valence-electron chi connectivity index (χ3n) is 3.21. The smallest absolute Gasteiger partial charge is 0.122 e. The average Bonchev–Trinajstić information content (AvgIpc) is 2.83. The van der Waals surface area contributed by atoms with Crippen molar-refractivity contribution in [1.29, 1.82) is 0 Å². The van der Waals surface area contributed by atoms with Gasteiger partial charge < -0.3 is 4.74 Å². The van der Waals surface area contributed by atoms with Crippen molar-refractivity contribution in [1.82, 2.24) is 0 Å². The Hall–Kier alpha value is -1.28. The van der Waals surface area contributed by atoms with Gasteiger partial charge in [-0.3, -0.25) is 0 Å². The molecule has 2 aromatic carbocycles. The van der Waals surface area contributed by atoms with E-state index in [1.54, 1.807) is 0 Å². The van der Waals surface area contributed by atoms with Crippen molar-refractivity contribution >= 4 is 15.9 Å². The maximum absolute atomic E-state index is 5.72. The van der Waals surface area contributed by atoms with Crippen molar-refractivity contribution < 1.29 is 4.74 Å². The number of benzene rings is 2. The molecule has 17 heavy (non-hydrogen) atoms. The van der Waals surface area contributed by atoms with Gasteiger partial charge in [-0.2, -0.15) is 0 Å². The first-order chi connectivity index (χ1) is 8.36. The van der Waals surface area contributed by atoms with Crippen LogP contribution in [-0.2, 0) is 0 Å². The number of para-hydroxylation sites is 1. The molecule has 1 nitrogen and oxygen atoms in total. The summed E-state index contributed by atoms with van der Waals surface area (Å²) in [5.74, 6) is 1.42. The minimum atomic E-state index is 0.312. The second kappa shape index (κ2) is 4.53. The Labute approximate surface area is 110 Å². The molecule has 0 aromatic heterocycles. The molecule has 0 radical (unpaired) electrons. The van der Waals surface area contributed by atoms with Crippen molar-refractivity contribution in [2.75, 3.05) is 6.61 Å².